The summed E-state index contributed by atoms with van der Waals surface area (Å²) < 4.78 is 0. The Balaban J connectivity index is 2.16. The van der Waals surface area contributed by atoms with E-state index in [0.29, 0.717) is 16.6 Å². The number of urea groups is 1. The van der Waals surface area contributed by atoms with Crippen LogP contribution in [-0.2, 0) is 11.3 Å². The Kier molecular flexibility index (Phi) is 6.61. The van der Waals surface area contributed by atoms with Crippen molar-refractivity contribution in [2.45, 2.75) is 12.6 Å². The molecule has 0 saturated heterocycles. The van der Waals surface area contributed by atoms with Crippen LogP contribution in [0, 0.1) is 0 Å². The minimum Gasteiger partial charge on any atom is -0.341 e. The van der Waals surface area contributed by atoms with Gasteiger partial charge in [0.05, 0.1) is 0 Å². The molecule has 2 aromatic carbocycles. The zero-order chi connectivity index (χ0) is 17.5. The lowest BCUT2D eigenvalue weighted by molar-refractivity contribution is -0.122. The summed E-state index contributed by atoms with van der Waals surface area (Å²) >= 11 is 12.0. The summed E-state index contributed by atoms with van der Waals surface area (Å²) in [6, 6.07) is 13.0. The van der Waals surface area contributed by atoms with Gasteiger partial charge in [0.25, 0.3) is 0 Å². The first-order valence-electron chi connectivity index (χ1n) is 7.26. The molecule has 2 aromatic rings. The minimum absolute atomic E-state index is 0.344. The summed E-state index contributed by atoms with van der Waals surface area (Å²) in [6.45, 7) is 0.344. The van der Waals surface area contributed by atoms with Crippen molar-refractivity contribution < 1.29 is 9.59 Å². The summed E-state index contributed by atoms with van der Waals surface area (Å²) in [5.41, 5.74) is 1.54. The number of rotatable bonds is 5. The van der Waals surface area contributed by atoms with Gasteiger partial charge in [0.15, 0.2) is 0 Å². The number of imide groups is 1. The predicted molar refractivity (Wildman–Crippen MR) is 95.1 cm³/mol. The molecule has 7 heteroatoms. The van der Waals surface area contributed by atoms with Gasteiger partial charge < -0.3 is 5.32 Å². The molecule has 0 bridgehead atoms. The van der Waals surface area contributed by atoms with Gasteiger partial charge in [-0.25, -0.2) is 4.79 Å². The highest BCUT2D eigenvalue weighted by Gasteiger charge is 2.21. The van der Waals surface area contributed by atoms with Gasteiger partial charge in [-0.1, -0.05) is 59.6 Å². The van der Waals surface area contributed by atoms with Crippen LogP contribution < -0.4 is 16.0 Å². The van der Waals surface area contributed by atoms with Crippen LogP contribution in [0.4, 0.5) is 4.79 Å². The van der Waals surface area contributed by atoms with Crippen LogP contribution in [0.3, 0.4) is 0 Å². The zero-order valence-electron chi connectivity index (χ0n) is 13.0. The predicted octanol–water partition coefficient (Wildman–Crippen LogP) is 3.28. The van der Waals surface area contributed by atoms with E-state index in [1.807, 2.05) is 30.3 Å². The molecule has 3 amide bonds. The maximum absolute atomic E-state index is 12.4. The molecule has 0 radical (unpaired) electrons. The van der Waals surface area contributed by atoms with Crippen LogP contribution in [0.2, 0.25) is 10.0 Å². The second-order valence-electron chi connectivity index (χ2n) is 5.03. The summed E-state index contributed by atoms with van der Waals surface area (Å²) in [5, 5.41) is 8.81. The third-order valence-corrected chi connectivity index (χ3v) is 3.96. The maximum atomic E-state index is 12.4. The number of nitrogens with one attached hydrogen (secondary N) is 3. The average molecular weight is 366 g/mol. The van der Waals surface area contributed by atoms with Crippen LogP contribution in [0.25, 0.3) is 0 Å². The summed E-state index contributed by atoms with van der Waals surface area (Å²) in [5.74, 6) is -0.453. The molecule has 0 aliphatic rings. The van der Waals surface area contributed by atoms with Crippen molar-refractivity contribution in [1.29, 1.82) is 0 Å². The van der Waals surface area contributed by atoms with Crippen LogP contribution in [0.5, 0.6) is 0 Å². The Bertz CT molecular complexity index is 723. The molecule has 5 nitrogen and oxygen atoms in total. The quantitative estimate of drug-likeness (QED) is 0.761. The molecule has 1 atom stereocenters. The Labute approximate surface area is 150 Å². The summed E-state index contributed by atoms with van der Waals surface area (Å²) in [6.07, 6.45) is 0. The zero-order valence-corrected chi connectivity index (χ0v) is 14.5. The fourth-order valence-electron chi connectivity index (χ4n) is 2.13. The highest BCUT2D eigenvalue weighted by Crippen LogP contribution is 2.22. The standard InChI is InChI=1S/C17H17Cl2N3O2/c1-20-17(24)22-16(23)15(11-5-3-2-4-6-11)21-10-12-7-8-13(18)9-14(12)19/h2-9,15,21H,10H2,1H3,(H2,20,22,23,24)/t15-/m1/s1. The number of halogens is 2. The Morgan fingerprint density at radius 2 is 1.79 bits per heavy atom. The van der Waals surface area contributed by atoms with E-state index in [-0.39, 0.29) is 0 Å². The number of benzene rings is 2. The average Bonchev–Trinajstić information content (AvgIpc) is 2.57. The molecule has 2 rings (SSSR count). The van der Waals surface area contributed by atoms with Crippen LogP contribution in [0.15, 0.2) is 48.5 Å². The molecule has 0 aromatic heterocycles. The van der Waals surface area contributed by atoms with Crippen LogP contribution in [-0.4, -0.2) is 19.0 Å². The van der Waals surface area contributed by atoms with E-state index in [9.17, 15) is 9.59 Å². The lowest BCUT2D eigenvalue weighted by Gasteiger charge is -2.19. The van der Waals surface area contributed by atoms with E-state index in [4.69, 9.17) is 23.2 Å². The smallest absolute Gasteiger partial charge is 0.321 e. The van der Waals surface area contributed by atoms with Gasteiger partial charge in [0.2, 0.25) is 5.91 Å². The van der Waals surface area contributed by atoms with E-state index in [1.54, 1.807) is 18.2 Å². The first-order valence-corrected chi connectivity index (χ1v) is 8.01. The number of carbonyl (C=O) groups is 2. The summed E-state index contributed by atoms with van der Waals surface area (Å²) in [7, 11) is 1.45. The van der Waals surface area contributed by atoms with E-state index in [0.717, 1.165) is 11.1 Å². The second kappa shape index (κ2) is 8.68. The van der Waals surface area contributed by atoms with E-state index >= 15 is 0 Å². The fourth-order valence-corrected chi connectivity index (χ4v) is 2.61. The van der Waals surface area contributed by atoms with Crippen molar-refractivity contribution in [3.63, 3.8) is 0 Å². The van der Waals surface area contributed by atoms with Crippen molar-refractivity contribution >= 4 is 35.1 Å². The van der Waals surface area contributed by atoms with E-state index in [2.05, 4.69) is 16.0 Å². The van der Waals surface area contributed by atoms with Crippen molar-refractivity contribution in [1.82, 2.24) is 16.0 Å². The lowest BCUT2D eigenvalue weighted by atomic mass is 10.1. The second-order valence-corrected chi connectivity index (χ2v) is 5.87. The highest BCUT2D eigenvalue weighted by atomic mass is 35.5. The highest BCUT2D eigenvalue weighted by molar-refractivity contribution is 6.35. The van der Waals surface area contributed by atoms with Crippen molar-refractivity contribution in [3.05, 3.63) is 69.7 Å². The molecule has 0 unspecified atom stereocenters. The van der Waals surface area contributed by atoms with Gasteiger partial charge in [0, 0.05) is 23.6 Å². The number of hydrogen-bond donors (Lipinski definition) is 3. The maximum Gasteiger partial charge on any atom is 0.321 e. The van der Waals surface area contributed by atoms with Gasteiger partial charge in [-0.2, -0.15) is 0 Å². The fraction of sp³-hybridized carbons (Fsp3) is 0.176. The third-order valence-electron chi connectivity index (χ3n) is 3.37. The molecule has 24 heavy (non-hydrogen) atoms. The van der Waals surface area contributed by atoms with Gasteiger partial charge in [-0.3, -0.25) is 15.4 Å². The molecule has 126 valence electrons. The summed E-state index contributed by atoms with van der Waals surface area (Å²) in [4.78, 5) is 23.8. The Hall–Kier alpha value is -2.08. The largest absolute Gasteiger partial charge is 0.341 e. The van der Waals surface area contributed by atoms with Gasteiger partial charge >= 0.3 is 6.03 Å². The molecule has 0 fully saturated rings. The van der Waals surface area contributed by atoms with Crippen molar-refractivity contribution in [2.24, 2.45) is 0 Å². The molecular formula is C17H17Cl2N3O2. The SMILES string of the molecule is CNC(=O)NC(=O)[C@H](NCc1ccc(Cl)cc1Cl)c1ccccc1. The molecular weight excluding hydrogens is 349 g/mol. The minimum atomic E-state index is -0.699. The van der Waals surface area contributed by atoms with Crippen LogP contribution >= 0.6 is 23.2 Å². The molecule has 3 N–H and O–H groups in total. The van der Waals surface area contributed by atoms with Crippen molar-refractivity contribution in [2.75, 3.05) is 7.05 Å². The molecule has 0 heterocycles. The van der Waals surface area contributed by atoms with Gasteiger partial charge in [-0.05, 0) is 23.3 Å². The topological polar surface area (TPSA) is 70.2 Å². The van der Waals surface area contributed by atoms with Gasteiger partial charge in [-0.15, -0.1) is 0 Å². The third kappa shape index (κ3) is 4.96. The number of amides is 3. The molecule has 0 spiro atoms. The van der Waals surface area contributed by atoms with E-state index in [1.165, 1.54) is 7.05 Å². The first kappa shape index (κ1) is 18.3. The molecule has 0 saturated carbocycles. The van der Waals surface area contributed by atoms with Crippen LogP contribution in [0.1, 0.15) is 17.2 Å². The normalized spacial score (nSPS) is 11.6. The molecule has 0 aliphatic carbocycles. The van der Waals surface area contributed by atoms with E-state index < -0.39 is 18.0 Å². The molecule has 0 aliphatic heterocycles. The van der Waals surface area contributed by atoms with Crippen molar-refractivity contribution in [3.8, 4) is 0 Å². The monoisotopic (exact) mass is 365 g/mol. The van der Waals surface area contributed by atoms with Gasteiger partial charge in [0.1, 0.15) is 6.04 Å². The Morgan fingerprint density at radius 3 is 2.42 bits per heavy atom. The lowest BCUT2D eigenvalue weighted by Crippen LogP contribution is -2.44. The number of carbonyl (C=O) groups excluding carboxylic acids is 2. The first-order chi connectivity index (χ1) is 11.5. The Morgan fingerprint density at radius 1 is 1.08 bits per heavy atom. The number of hydrogen-bond acceptors (Lipinski definition) is 3.